The molecule has 1 heterocycles. The third-order valence-corrected chi connectivity index (χ3v) is 1.22. The molecule has 62 valence electrons. The minimum atomic E-state index is 0.312. The van der Waals surface area contributed by atoms with Crippen molar-refractivity contribution >= 4 is 5.82 Å². The maximum atomic E-state index is 8.53. The molecule has 0 spiro atoms. The summed E-state index contributed by atoms with van der Waals surface area (Å²) >= 11 is 0. The van der Waals surface area contributed by atoms with E-state index < -0.39 is 0 Å². The lowest BCUT2D eigenvalue weighted by Crippen LogP contribution is -2.11. The normalized spacial score (nSPS) is 9.50. The molecule has 1 aromatic rings. The van der Waals surface area contributed by atoms with Crippen molar-refractivity contribution in [2.45, 2.75) is 19.9 Å². The van der Waals surface area contributed by atoms with E-state index in [0.717, 1.165) is 0 Å². The Morgan fingerprint density at radius 3 is 2.83 bits per heavy atom. The van der Waals surface area contributed by atoms with Crippen molar-refractivity contribution in [2.75, 3.05) is 5.32 Å². The number of hydrogen-bond acceptors (Lipinski definition) is 4. The molecule has 0 saturated carbocycles. The van der Waals surface area contributed by atoms with Gasteiger partial charge >= 0.3 is 0 Å². The lowest BCUT2D eigenvalue weighted by Gasteiger charge is -2.07. The summed E-state index contributed by atoms with van der Waals surface area (Å²) in [6.45, 7) is 4.02. The topological polar surface area (TPSA) is 61.6 Å². The summed E-state index contributed by atoms with van der Waals surface area (Å²) in [6, 6.07) is 3.89. The fraction of sp³-hybridized carbons (Fsp3) is 0.375. The van der Waals surface area contributed by atoms with Gasteiger partial charge in [-0.25, -0.2) is 9.97 Å². The molecule has 0 aliphatic heterocycles. The summed E-state index contributed by atoms with van der Waals surface area (Å²) in [5, 5.41) is 11.6. The fourth-order valence-electron chi connectivity index (χ4n) is 0.793. The maximum Gasteiger partial charge on any atom is 0.145 e. The summed E-state index contributed by atoms with van der Waals surface area (Å²) in [6.07, 6.45) is 1.38. The van der Waals surface area contributed by atoms with E-state index >= 15 is 0 Å². The first kappa shape index (κ1) is 8.47. The van der Waals surface area contributed by atoms with Crippen molar-refractivity contribution in [1.29, 1.82) is 5.26 Å². The van der Waals surface area contributed by atoms with Gasteiger partial charge in [0.15, 0.2) is 0 Å². The molecule has 4 nitrogen and oxygen atoms in total. The van der Waals surface area contributed by atoms with Crippen LogP contribution in [-0.4, -0.2) is 16.0 Å². The smallest absolute Gasteiger partial charge is 0.145 e. The van der Waals surface area contributed by atoms with Gasteiger partial charge in [-0.05, 0) is 13.8 Å². The number of hydrogen-bond donors (Lipinski definition) is 1. The molecule has 0 saturated heterocycles. The third kappa shape index (κ3) is 2.20. The van der Waals surface area contributed by atoms with Crippen molar-refractivity contribution in [3.8, 4) is 6.07 Å². The number of nitriles is 1. The molecule has 0 unspecified atom stereocenters. The lowest BCUT2D eigenvalue weighted by molar-refractivity contribution is 0.885. The van der Waals surface area contributed by atoms with Crippen LogP contribution >= 0.6 is 0 Å². The van der Waals surface area contributed by atoms with Crippen LogP contribution in [0.1, 0.15) is 19.5 Å². The monoisotopic (exact) mass is 162 g/mol. The van der Waals surface area contributed by atoms with E-state index in [9.17, 15) is 0 Å². The van der Waals surface area contributed by atoms with Gasteiger partial charge in [0.25, 0.3) is 0 Å². The number of aromatic nitrogens is 2. The largest absolute Gasteiger partial charge is 0.368 e. The van der Waals surface area contributed by atoms with Crippen LogP contribution in [0.15, 0.2) is 12.4 Å². The summed E-state index contributed by atoms with van der Waals surface area (Å²) in [5.41, 5.74) is 0.383. The van der Waals surface area contributed by atoms with Crippen molar-refractivity contribution in [1.82, 2.24) is 9.97 Å². The predicted molar refractivity (Wildman–Crippen MR) is 45.5 cm³/mol. The Kier molecular flexibility index (Phi) is 2.59. The molecule has 0 fully saturated rings. The SMILES string of the molecule is CC(C)Nc1cc(C#N)ncn1. The van der Waals surface area contributed by atoms with Gasteiger partial charge in [0, 0.05) is 12.1 Å². The average Bonchev–Trinajstić information content (AvgIpc) is 2.03. The van der Waals surface area contributed by atoms with E-state index in [2.05, 4.69) is 15.3 Å². The van der Waals surface area contributed by atoms with Gasteiger partial charge in [0.2, 0.25) is 0 Å². The third-order valence-electron chi connectivity index (χ3n) is 1.22. The van der Waals surface area contributed by atoms with Crippen LogP contribution in [0, 0.1) is 11.3 Å². The maximum absolute atomic E-state index is 8.53. The molecule has 0 aromatic carbocycles. The van der Waals surface area contributed by atoms with E-state index in [4.69, 9.17) is 5.26 Å². The number of nitrogens with zero attached hydrogens (tertiary/aromatic N) is 3. The zero-order valence-electron chi connectivity index (χ0n) is 7.07. The Balaban J connectivity index is 2.81. The van der Waals surface area contributed by atoms with E-state index in [0.29, 0.717) is 17.6 Å². The zero-order chi connectivity index (χ0) is 8.97. The highest BCUT2D eigenvalue weighted by Crippen LogP contribution is 2.03. The Bertz CT molecular complexity index is 300. The highest BCUT2D eigenvalue weighted by molar-refractivity contribution is 5.39. The molecule has 4 heteroatoms. The average molecular weight is 162 g/mol. The molecule has 0 radical (unpaired) electrons. The van der Waals surface area contributed by atoms with E-state index in [1.807, 2.05) is 19.9 Å². The molecular formula is C8H10N4. The second kappa shape index (κ2) is 3.67. The van der Waals surface area contributed by atoms with Crippen LogP contribution in [0.5, 0.6) is 0 Å². The van der Waals surface area contributed by atoms with Gasteiger partial charge in [-0.15, -0.1) is 0 Å². The first-order chi connectivity index (χ1) is 5.72. The molecule has 1 N–H and O–H groups in total. The van der Waals surface area contributed by atoms with Crippen molar-refractivity contribution < 1.29 is 0 Å². The summed E-state index contributed by atoms with van der Waals surface area (Å²) in [4.78, 5) is 7.71. The second-order valence-corrected chi connectivity index (χ2v) is 2.70. The molecule has 0 bridgehead atoms. The highest BCUT2D eigenvalue weighted by atomic mass is 15.0. The highest BCUT2D eigenvalue weighted by Gasteiger charge is 1.98. The van der Waals surface area contributed by atoms with Gasteiger partial charge in [-0.2, -0.15) is 5.26 Å². The molecule has 0 atom stereocenters. The van der Waals surface area contributed by atoms with Crippen molar-refractivity contribution in [2.24, 2.45) is 0 Å². The van der Waals surface area contributed by atoms with Crippen molar-refractivity contribution in [3.63, 3.8) is 0 Å². The molecule has 0 amide bonds. The van der Waals surface area contributed by atoms with Gasteiger partial charge < -0.3 is 5.32 Å². The molecule has 1 rings (SSSR count). The van der Waals surface area contributed by atoms with Gasteiger partial charge in [0.05, 0.1) is 0 Å². The van der Waals surface area contributed by atoms with Crippen LogP contribution in [0.3, 0.4) is 0 Å². The summed E-state index contributed by atoms with van der Waals surface area (Å²) < 4.78 is 0. The summed E-state index contributed by atoms with van der Waals surface area (Å²) in [7, 11) is 0. The minimum absolute atomic E-state index is 0.312. The molecule has 0 aliphatic carbocycles. The van der Waals surface area contributed by atoms with Gasteiger partial charge in [0.1, 0.15) is 23.9 Å². The standard InChI is InChI=1S/C8H10N4/c1-6(2)12-8-3-7(4-9)10-5-11-8/h3,5-6H,1-2H3,(H,10,11,12). The van der Waals surface area contributed by atoms with Crippen LogP contribution in [0.4, 0.5) is 5.82 Å². The van der Waals surface area contributed by atoms with Crippen LogP contribution in [0.2, 0.25) is 0 Å². The first-order valence-corrected chi connectivity index (χ1v) is 3.71. The molecular weight excluding hydrogens is 152 g/mol. The number of rotatable bonds is 2. The molecule has 0 aliphatic rings. The van der Waals surface area contributed by atoms with Gasteiger partial charge in [-0.1, -0.05) is 0 Å². The number of anilines is 1. The molecule has 1 aromatic heterocycles. The Morgan fingerprint density at radius 1 is 1.50 bits per heavy atom. The van der Waals surface area contributed by atoms with E-state index in [1.54, 1.807) is 6.07 Å². The van der Waals surface area contributed by atoms with Crippen molar-refractivity contribution in [3.05, 3.63) is 18.1 Å². The van der Waals surface area contributed by atoms with Crippen LogP contribution in [0.25, 0.3) is 0 Å². The first-order valence-electron chi connectivity index (χ1n) is 3.71. The fourth-order valence-corrected chi connectivity index (χ4v) is 0.793. The van der Waals surface area contributed by atoms with E-state index in [1.165, 1.54) is 6.33 Å². The summed E-state index contributed by atoms with van der Waals surface area (Å²) in [5.74, 6) is 0.691. The predicted octanol–water partition coefficient (Wildman–Crippen LogP) is 1.17. The Labute approximate surface area is 71.3 Å². The minimum Gasteiger partial charge on any atom is -0.368 e. The number of nitrogens with one attached hydrogen (secondary N) is 1. The van der Waals surface area contributed by atoms with Crippen LogP contribution in [-0.2, 0) is 0 Å². The van der Waals surface area contributed by atoms with Crippen LogP contribution < -0.4 is 5.32 Å². The Morgan fingerprint density at radius 2 is 2.25 bits per heavy atom. The second-order valence-electron chi connectivity index (χ2n) is 2.70. The van der Waals surface area contributed by atoms with Gasteiger partial charge in [-0.3, -0.25) is 0 Å². The zero-order valence-corrected chi connectivity index (χ0v) is 7.07. The lowest BCUT2D eigenvalue weighted by atomic mass is 10.3. The van der Waals surface area contributed by atoms with E-state index in [-0.39, 0.29) is 0 Å². The quantitative estimate of drug-likeness (QED) is 0.709. The Hall–Kier alpha value is -1.63. The molecule has 12 heavy (non-hydrogen) atoms.